The number of carboxylic acid groups (broad SMARTS) is 1. The first-order chi connectivity index (χ1) is 9.08. The fourth-order valence-corrected chi connectivity index (χ4v) is 2.27. The second kappa shape index (κ2) is 5.93. The molecule has 2 N–H and O–H groups in total. The Morgan fingerprint density at radius 2 is 2.16 bits per heavy atom. The van der Waals surface area contributed by atoms with Gasteiger partial charge in [0, 0.05) is 20.6 Å². The van der Waals surface area contributed by atoms with Crippen LogP contribution in [0, 0.1) is 0 Å². The van der Waals surface area contributed by atoms with Crippen molar-refractivity contribution >= 4 is 17.3 Å². The molecule has 1 saturated heterocycles. The molecule has 0 amide bonds. The topological polar surface area (TPSA) is 61.8 Å². The highest BCUT2D eigenvalue weighted by Gasteiger charge is 2.30. The van der Waals surface area contributed by atoms with Crippen molar-refractivity contribution in [2.45, 2.75) is 25.0 Å². The summed E-state index contributed by atoms with van der Waals surface area (Å²) in [6, 6.07) is 8.02. The Morgan fingerprint density at radius 1 is 1.42 bits per heavy atom. The van der Waals surface area contributed by atoms with Gasteiger partial charge in [-0.05, 0) is 25.0 Å². The molecule has 5 heteroatoms. The molecule has 1 fully saturated rings. The summed E-state index contributed by atoms with van der Waals surface area (Å²) in [6.07, 6.45) is 0.706. The molecular formula is C14H20N2O3. The predicted octanol–water partition coefficient (Wildman–Crippen LogP) is 1.80. The van der Waals surface area contributed by atoms with E-state index in [9.17, 15) is 4.79 Å². The number of rotatable bonds is 5. The third-order valence-electron chi connectivity index (χ3n) is 3.29. The number of para-hydroxylation sites is 2. The highest BCUT2D eigenvalue weighted by molar-refractivity contribution is 5.72. The van der Waals surface area contributed by atoms with Crippen LogP contribution >= 0.6 is 0 Å². The summed E-state index contributed by atoms with van der Waals surface area (Å²) in [7, 11) is 3.99. The van der Waals surface area contributed by atoms with Gasteiger partial charge >= 0.3 is 5.97 Å². The van der Waals surface area contributed by atoms with Gasteiger partial charge in [0.2, 0.25) is 0 Å². The standard InChI is InChI=1S/C14H20N2O3/c1-16(2)12-6-4-3-5-11(12)15-9-10-7-8-13(19-10)14(17)18/h3-6,10,13,15H,7-9H2,1-2H3,(H,17,18). The average molecular weight is 264 g/mol. The van der Waals surface area contributed by atoms with Gasteiger partial charge in [-0.25, -0.2) is 4.79 Å². The minimum Gasteiger partial charge on any atom is -0.479 e. The Bertz CT molecular complexity index is 448. The van der Waals surface area contributed by atoms with Crippen molar-refractivity contribution in [1.29, 1.82) is 0 Å². The van der Waals surface area contributed by atoms with Crippen molar-refractivity contribution in [2.24, 2.45) is 0 Å². The molecule has 0 aromatic heterocycles. The zero-order valence-electron chi connectivity index (χ0n) is 11.3. The molecule has 1 heterocycles. The second-order valence-corrected chi connectivity index (χ2v) is 4.95. The SMILES string of the molecule is CN(C)c1ccccc1NCC1CCC(C(=O)O)O1. The number of nitrogens with one attached hydrogen (secondary N) is 1. The Hall–Kier alpha value is -1.75. The number of anilines is 2. The van der Waals surface area contributed by atoms with E-state index < -0.39 is 12.1 Å². The molecule has 0 bridgehead atoms. The molecule has 1 aliphatic heterocycles. The number of nitrogens with zero attached hydrogens (tertiary/aromatic N) is 1. The van der Waals surface area contributed by atoms with Crippen LogP contribution in [0.5, 0.6) is 0 Å². The van der Waals surface area contributed by atoms with Crippen LogP contribution < -0.4 is 10.2 Å². The van der Waals surface area contributed by atoms with Crippen LogP contribution in [0.1, 0.15) is 12.8 Å². The van der Waals surface area contributed by atoms with Gasteiger partial charge in [0.05, 0.1) is 17.5 Å². The first-order valence-electron chi connectivity index (χ1n) is 6.46. The summed E-state index contributed by atoms with van der Waals surface area (Å²) < 4.78 is 5.47. The van der Waals surface area contributed by atoms with Crippen LogP contribution in [-0.2, 0) is 9.53 Å². The lowest BCUT2D eigenvalue weighted by Crippen LogP contribution is -2.25. The van der Waals surface area contributed by atoms with Gasteiger partial charge < -0.3 is 20.1 Å². The van der Waals surface area contributed by atoms with E-state index in [4.69, 9.17) is 9.84 Å². The van der Waals surface area contributed by atoms with E-state index in [-0.39, 0.29) is 6.10 Å². The molecule has 1 aliphatic rings. The van der Waals surface area contributed by atoms with E-state index in [1.807, 2.05) is 43.3 Å². The van der Waals surface area contributed by atoms with Crippen LogP contribution in [0.3, 0.4) is 0 Å². The molecule has 2 rings (SSSR count). The molecule has 0 radical (unpaired) electrons. The van der Waals surface area contributed by atoms with Gasteiger partial charge in [-0.15, -0.1) is 0 Å². The minimum absolute atomic E-state index is 0.0312. The highest BCUT2D eigenvalue weighted by atomic mass is 16.5. The lowest BCUT2D eigenvalue weighted by atomic mass is 10.2. The van der Waals surface area contributed by atoms with Gasteiger partial charge in [-0.3, -0.25) is 0 Å². The van der Waals surface area contributed by atoms with Crippen molar-refractivity contribution < 1.29 is 14.6 Å². The van der Waals surface area contributed by atoms with Crippen molar-refractivity contribution in [3.05, 3.63) is 24.3 Å². The Labute approximate surface area is 113 Å². The monoisotopic (exact) mass is 264 g/mol. The molecule has 0 spiro atoms. The lowest BCUT2D eigenvalue weighted by molar-refractivity contribution is -0.149. The van der Waals surface area contributed by atoms with Crippen LogP contribution in [-0.4, -0.2) is 43.9 Å². The Balaban J connectivity index is 1.91. The summed E-state index contributed by atoms with van der Waals surface area (Å²) in [5, 5.41) is 12.2. The summed E-state index contributed by atoms with van der Waals surface area (Å²) in [6.45, 7) is 0.634. The molecule has 1 aromatic rings. The molecular weight excluding hydrogens is 244 g/mol. The third kappa shape index (κ3) is 3.38. The number of ether oxygens (including phenoxy) is 1. The maximum atomic E-state index is 10.8. The molecule has 5 nitrogen and oxygen atoms in total. The van der Waals surface area contributed by atoms with Gasteiger partial charge in [0.15, 0.2) is 6.10 Å². The number of benzene rings is 1. The normalized spacial score (nSPS) is 22.2. The van der Waals surface area contributed by atoms with E-state index in [1.54, 1.807) is 0 Å². The van der Waals surface area contributed by atoms with E-state index >= 15 is 0 Å². The first-order valence-corrected chi connectivity index (χ1v) is 6.46. The average Bonchev–Trinajstić information content (AvgIpc) is 2.85. The van der Waals surface area contributed by atoms with Gasteiger partial charge in [-0.2, -0.15) is 0 Å². The third-order valence-corrected chi connectivity index (χ3v) is 3.29. The number of hydrogen-bond donors (Lipinski definition) is 2. The molecule has 0 saturated carbocycles. The molecule has 104 valence electrons. The van der Waals surface area contributed by atoms with Crippen molar-refractivity contribution in [1.82, 2.24) is 0 Å². The summed E-state index contributed by atoms with van der Waals surface area (Å²) in [5.74, 6) is -0.865. The minimum atomic E-state index is -0.865. The number of carboxylic acids is 1. The molecule has 2 atom stereocenters. The fourth-order valence-electron chi connectivity index (χ4n) is 2.27. The number of hydrogen-bond acceptors (Lipinski definition) is 4. The molecule has 1 aromatic carbocycles. The van der Waals surface area contributed by atoms with Gasteiger partial charge in [0.25, 0.3) is 0 Å². The van der Waals surface area contributed by atoms with Crippen molar-refractivity contribution in [3.8, 4) is 0 Å². The largest absolute Gasteiger partial charge is 0.479 e. The summed E-state index contributed by atoms with van der Waals surface area (Å²) in [4.78, 5) is 12.9. The van der Waals surface area contributed by atoms with Gasteiger partial charge in [-0.1, -0.05) is 12.1 Å². The van der Waals surface area contributed by atoms with E-state index in [2.05, 4.69) is 5.32 Å². The van der Waals surface area contributed by atoms with E-state index in [0.717, 1.165) is 17.8 Å². The number of carbonyl (C=O) groups is 1. The molecule has 19 heavy (non-hydrogen) atoms. The zero-order valence-corrected chi connectivity index (χ0v) is 11.3. The van der Waals surface area contributed by atoms with E-state index in [1.165, 1.54) is 0 Å². The Morgan fingerprint density at radius 3 is 2.79 bits per heavy atom. The van der Waals surface area contributed by atoms with Crippen LogP contribution in [0.4, 0.5) is 11.4 Å². The van der Waals surface area contributed by atoms with Crippen LogP contribution in [0.15, 0.2) is 24.3 Å². The second-order valence-electron chi connectivity index (χ2n) is 4.95. The summed E-state index contributed by atoms with van der Waals surface area (Å²) >= 11 is 0. The van der Waals surface area contributed by atoms with Crippen LogP contribution in [0.25, 0.3) is 0 Å². The quantitative estimate of drug-likeness (QED) is 0.849. The first kappa shape index (κ1) is 13.7. The smallest absolute Gasteiger partial charge is 0.332 e. The molecule has 0 aliphatic carbocycles. The maximum Gasteiger partial charge on any atom is 0.332 e. The predicted molar refractivity (Wildman–Crippen MR) is 74.8 cm³/mol. The Kier molecular flexibility index (Phi) is 4.27. The van der Waals surface area contributed by atoms with Gasteiger partial charge in [0.1, 0.15) is 0 Å². The molecule has 2 unspecified atom stereocenters. The van der Waals surface area contributed by atoms with Crippen LogP contribution in [0.2, 0.25) is 0 Å². The fraction of sp³-hybridized carbons (Fsp3) is 0.500. The number of aliphatic carboxylic acids is 1. The zero-order chi connectivity index (χ0) is 13.8. The maximum absolute atomic E-state index is 10.8. The highest BCUT2D eigenvalue weighted by Crippen LogP contribution is 2.25. The summed E-state index contributed by atoms with van der Waals surface area (Å²) in [5.41, 5.74) is 2.14. The van der Waals surface area contributed by atoms with Crippen molar-refractivity contribution in [3.63, 3.8) is 0 Å². The van der Waals surface area contributed by atoms with Crippen molar-refractivity contribution in [2.75, 3.05) is 30.9 Å². The van der Waals surface area contributed by atoms with E-state index in [0.29, 0.717) is 13.0 Å². The lowest BCUT2D eigenvalue weighted by Gasteiger charge is -2.20.